The monoisotopic (exact) mass is 592 g/mol. The van der Waals surface area contributed by atoms with Crippen LogP contribution < -0.4 is 9.47 Å². The lowest BCUT2D eigenvalue weighted by Gasteiger charge is -2.19. The van der Waals surface area contributed by atoms with E-state index in [1.807, 2.05) is 12.1 Å². The number of hydrogen-bond acceptors (Lipinski definition) is 5. The van der Waals surface area contributed by atoms with Crippen LogP contribution in [0.25, 0.3) is 21.9 Å². The molecule has 0 radical (unpaired) electrons. The summed E-state index contributed by atoms with van der Waals surface area (Å²) in [5, 5.41) is 21.2. The van der Waals surface area contributed by atoms with Gasteiger partial charge in [0.05, 0.1) is 6.61 Å². The number of thioether (sulfide) groups is 1. The van der Waals surface area contributed by atoms with Crippen molar-refractivity contribution in [1.82, 2.24) is 0 Å². The Balaban J connectivity index is 1.29. The minimum atomic E-state index is -5.49. The van der Waals surface area contributed by atoms with Crippen LogP contribution in [-0.2, 0) is 0 Å². The second kappa shape index (κ2) is 13.3. The highest BCUT2D eigenvalue weighted by Gasteiger charge is 2.56. The Morgan fingerprint density at radius 3 is 2.05 bits per heavy atom. The van der Waals surface area contributed by atoms with Crippen LogP contribution in [0.15, 0.2) is 78.9 Å². The van der Waals surface area contributed by atoms with Gasteiger partial charge in [-0.05, 0) is 102 Å². The van der Waals surface area contributed by atoms with Gasteiger partial charge < -0.3 is 19.7 Å². The second-order valence-corrected chi connectivity index (χ2v) is 10.7. The maximum absolute atomic E-state index is 12.9. The molecule has 0 fully saturated rings. The third-order valence-electron chi connectivity index (χ3n) is 6.32. The summed E-state index contributed by atoms with van der Waals surface area (Å²) in [6.45, 7) is 0.435. The molecule has 0 bridgehead atoms. The van der Waals surface area contributed by atoms with Crippen LogP contribution in [0, 0.1) is 0 Å². The van der Waals surface area contributed by atoms with Crippen molar-refractivity contribution in [2.45, 2.75) is 37.8 Å². The zero-order valence-electron chi connectivity index (χ0n) is 22.0. The van der Waals surface area contributed by atoms with E-state index in [-0.39, 0.29) is 23.7 Å². The number of phenolic OH excluding ortho intramolecular Hbond substituents is 2. The summed E-state index contributed by atoms with van der Waals surface area (Å²) in [5.74, 6) is -1.61. The third-order valence-corrected chi connectivity index (χ3v) is 7.48. The standard InChI is InChI=1S/C31H29F5O4S/c32-30(33,31(34,35)36)16-3-19-41-18-2-1-17-39-25-10-12-26(13-11-25)40-29-27(21-4-7-23(37)8-5-21)14-6-22-20-24(38)9-15-28(22)29/h4-15,20,37-38H,1-3,16-19H2. The number of halogens is 5. The molecule has 0 heterocycles. The number of rotatable bonds is 13. The minimum absolute atomic E-state index is 0.145. The van der Waals surface area contributed by atoms with E-state index in [1.165, 1.54) is 11.8 Å². The lowest BCUT2D eigenvalue weighted by Crippen LogP contribution is -2.36. The molecule has 0 saturated carbocycles. The molecular formula is C31H29F5O4S. The molecule has 0 atom stereocenters. The zero-order chi connectivity index (χ0) is 29.5. The molecule has 0 aliphatic carbocycles. The summed E-state index contributed by atoms with van der Waals surface area (Å²) in [6.07, 6.45) is -5.41. The van der Waals surface area contributed by atoms with Crippen LogP contribution in [0.3, 0.4) is 0 Å². The van der Waals surface area contributed by atoms with Gasteiger partial charge in [-0.15, -0.1) is 0 Å². The topological polar surface area (TPSA) is 58.9 Å². The number of ether oxygens (including phenoxy) is 2. The van der Waals surface area contributed by atoms with Gasteiger partial charge in [-0.2, -0.15) is 33.7 Å². The zero-order valence-corrected chi connectivity index (χ0v) is 22.8. The summed E-state index contributed by atoms with van der Waals surface area (Å²) in [7, 11) is 0. The highest BCUT2D eigenvalue weighted by atomic mass is 32.2. The molecular weight excluding hydrogens is 563 g/mol. The van der Waals surface area contributed by atoms with Crippen LogP contribution in [-0.4, -0.2) is 40.4 Å². The van der Waals surface area contributed by atoms with Gasteiger partial charge in [-0.25, -0.2) is 0 Å². The van der Waals surface area contributed by atoms with Crippen molar-refractivity contribution in [2.24, 2.45) is 0 Å². The summed E-state index contributed by atoms with van der Waals surface area (Å²) in [6, 6.07) is 22.8. The molecule has 218 valence electrons. The van der Waals surface area contributed by atoms with E-state index in [9.17, 15) is 32.2 Å². The fourth-order valence-electron chi connectivity index (χ4n) is 4.12. The van der Waals surface area contributed by atoms with Crippen molar-refractivity contribution in [3.63, 3.8) is 0 Å². The Bertz CT molecular complexity index is 1420. The molecule has 0 unspecified atom stereocenters. The number of aromatic hydroxyl groups is 2. The van der Waals surface area contributed by atoms with Crippen LogP contribution in [0.2, 0.25) is 0 Å². The first-order valence-corrected chi connectivity index (χ1v) is 14.2. The van der Waals surface area contributed by atoms with E-state index in [2.05, 4.69) is 0 Å². The molecule has 10 heteroatoms. The molecule has 4 nitrogen and oxygen atoms in total. The molecule has 0 saturated heterocycles. The van der Waals surface area contributed by atoms with E-state index in [0.29, 0.717) is 36.0 Å². The third kappa shape index (κ3) is 8.19. The van der Waals surface area contributed by atoms with Gasteiger partial charge in [0, 0.05) is 17.4 Å². The van der Waals surface area contributed by atoms with E-state index in [0.717, 1.165) is 28.3 Å². The van der Waals surface area contributed by atoms with E-state index >= 15 is 0 Å². The number of unbranched alkanes of at least 4 members (excludes halogenated alkanes) is 1. The normalized spacial score (nSPS) is 12.0. The first kappa shape index (κ1) is 30.3. The van der Waals surface area contributed by atoms with Crippen LogP contribution in [0.5, 0.6) is 28.7 Å². The molecule has 0 amide bonds. The average molecular weight is 593 g/mol. The van der Waals surface area contributed by atoms with Gasteiger partial charge in [0.2, 0.25) is 0 Å². The molecule has 4 rings (SSSR count). The summed E-state index contributed by atoms with van der Waals surface area (Å²) >= 11 is 1.36. The van der Waals surface area contributed by atoms with Crippen LogP contribution in [0.1, 0.15) is 25.7 Å². The van der Waals surface area contributed by atoms with Gasteiger partial charge in [-0.3, -0.25) is 0 Å². The highest BCUT2D eigenvalue weighted by molar-refractivity contribution is 7.99. The van der Waals surface area contributed by atoms with Gasteiger partial charge in [0.15, 0.2) is 0 Å². The minimum Gasteiger partial charge on any atom is -0.508 e. The van der Waals surface area contributed by atoms with Crippen molar-refractivity contribution in [2.75, 3.05) is 18.1 Å². The number of phenols is 2. The molecule has 0 aliphatic heterocycles. The van der Waals surface area contributed by atoms with Crippen molar-refractivity contribution in [3.8, 4) is 39.9 Å². The first-order valence-electron chi connectivity index (χ1n) is 13.0. The summed E-state index contributed by atoms with van der Waals surface area (Å²) < 4.78 is 74.4. The molecule has 0 aromatic heterocycles. The van der Waals surface area contributed by atoms with E-state index in [4.69, 9.17) is 9.47 Å². The van der Waals surface area contributed by atoms with Crippen LogP contribution >= 0.6 is 11.8 Å². The van der Waals surface area contributed by atoms with Crippen molar-refractivity contribution >= 4 is 22.5 Å². The maximum Gasteiger partial charge on any atom is 0.453 e. The van der Waals surface area contributed by atoms with E-state index in [1.54, 1.807) is 66.7 Å². The average Bonchev–Trinajstić information content (AvgIpc) is 2.93. The lowest BCUT2D eigenvalue weighted by atomic mass is 9.99. The first-order chi connectivity index (χ1) is 19.5. The maximum atomic E-state index is 12.9. The van der Waals surface area contributed by atoms with E-state index < -0.39 is 18.5 Å². The van der Waals surface area contributed by atoms with Crippen molar-refractivity contribution < 1.29 is 41.6 Å². The Morgan fingerprint density at radius 2 is 1.34 bits per heavy atom. The Kier molecular flexibility index (Phi) is 9.86. The predicted octanol–water partition coefficient (Wildman–Crippen LogP) is 9.58. The summed E-state index contributed by atoms with van der Waals surface area (Å²) in [4.78, 5) is 0. The number of benzene rings is 4. The van der Waals surface area contributed by atoms with Crippen molar-refractivity contribution in [1.29, 1.82) is 0 Å². The van der Waals surface area contributed by atoms with Gasteiger partial charge >= 0.3 is 12.1 Å². The Morgan fingerprint density at radius 1 is 0.683 bits per heavy atom. The summed E-state index contributed by atoms with van der Waals surface area (Å²) in [5.41, 5.74) is 1.67. The molecule has 41 heavy (non-hydrogen) atoms. The smallest absolute Gasteiger partial charge is 0.453 e. The molecule has 4 aromatic carbocycles. The molecule has 4 aromatic rings. The van der Waals surface area contributed by atoms with Crippen molar-refractivity contribution in [3.05, 3.63) is 78.9 Å². The molecule has 0 aliphatic rings. The fraction of sp³-hybridized carbons (Fsp3) is 0.290. The Hall–Kier alpha value is -3.66. The lowest BCUT2D eigenvalue weighted by molar-refractivity contribution is -0.284. The van der Waals surface area contributed by atoms with Gasteiger partial charge in [-0.1, -0.05) is 18.2 Å². The van der Waals surface area contributed by atoms with Gasteiger partial charge in [0.25, 0.3) is 0 Å². The number of hydrogen-bond donors (Lipinski definition) is 2. The number of alkyl halides is 5. The van der Waals surface area contributed by atoms with Crippen LogP contribution in [0.4, 0.5) is 22.0 Å². The fourth-order valence-corrected chi connectivity index (χ4v) is 5.09. The highest BCUT2D eigenvalue weighted by Crippen LogP contribution is 2.41. The molecule has 2 N–H and O–H groups in total. The second-order valence-electron chi connectivity index (χ2n) is 9.44. The Labute approximate surface area is 238 Å². The SMILES string of the molecule is Oc1ccc(-c2ccc3cc(O)ccc3c2Oc2ccc(OCCCCSCCCC(F)(F)C(F)(F)F)cc2)cc1. The largest absolute Gasteiger partial charge is 0.508 e. The van der Waals surface area contributed by atoms with Gasteiger partial charge in [0.1, 0.15) is 28.7 Å². The molecule has 0 spiro atoms. The predicted molar refractivity (Wildman–Crippen MR) is 152 cm³/mol. The number of fused-ring (bicyclic) bond motifs is 1. The quantitative estimate of drug-likeness (QED) is 0.120.